The maximum Gasteiger partial charge on any atom is 0.0198 e. The van der Waals surface area contributed by atoms with Crippen LogP contribution in [-0.4, -0.2) is 37.1 Å². The molecule has 1 aromatic carbocycles. The summed E-state index contributed by atoms with van der Waals surface area (Å²) in [5.41, 5.74) is 1.45. The first-order chi connectivity index (χ1) is 8.78. The minimum Gasteiger partial charge on any atom is -0.310 e. The van der Waals surface area contributed by atoms with Crippen LogP contribution in [0.25, 0.3) is 0 Å². The van der Waals surface area contributed by atoms with E-state index in [2.05, 4.69) is 54.5 Å². The van der Waals surface area contributed by atoms with Gasteiger partial charge in [-0.15, -0.1) is 0 Å². The Balaban J connectivity index is 1.85. The van der Waals surface area contributed by atoms with E-state index in [1.807, 2.05) is 0 Å². The highest BCUT2D eigenvalue weighted by atomic mass is 15.1. The Morgan fingerprint density at radius 3 is 2.78 bits per heavy atom. The average Bonchev–Trinajstić information content (AvgIpc) is 2.39. The number of hydrogen-bond acceptors (Lipinski definition) is 2. The fourth-order valence-corrected chi connectivity index (χ4v) is 2.86. The summed E-state index contributed by atoms with van der Waals surface area (Å²) in [5, 5.41) is 3.84. The Hall–Kier alpha value is -0.860. The third-order valence-corrected chi connectivity index (χ3v) is 3.91. The Labute approximate surface area is 111 Å². The van der Waals surface area contributed by atoms with Gasteiger partial charge >= 0.3 is 0 Å². The first-order valence-electron chi connectivity index (χ1n) is 7.26. The first-order valence-corrected chi connectivity index (χ1v) is 7.26. The molecule has 1 saturated heterocycles. The van der Waals surface area contributed by atoms with Crippen molar-refractivity contribution in [1.82, 2.24) is 10.2 Å². The molecule has 1 N–H and O–H groups in total. The third-order valence-electron chi connectivity index (χ3n) is 3.91. The lowest BCUT2D eigenvalue weighted by atomic mass is 10.0. The second-order valence-corrected chi connectivity index (χ2v) is 5.56. The monoisotopic (exact) mass is 246 g/mol. The number of rotatable bonds is 5. The van der Waals surface area contributed by atoms with Gasteiger partial charge in [0.25, 0.3) is 0 Å². The summed E-state index contributed by atoms with van der Waals surface area (Å²) < 4.78 is 0. The fraction of sp³-hybridized carbons (Fsp3) is 0.625. The molecule has 0 bridgehead atoms. The minimum atomic E-state index is 0.615. The van der Waals surface area contributed by atoms with Crippen molar-refractivity contribution in [3.8, 4) is 0 Å². The van der Waals surface area contributed by atoms with Gasteiger partial charge < -0.3 is 10.2 Å². The highest BCUT2D eigenvalue weighted by molar-refractivity contribution is 5.15. The first kappa shape index (κ1) is 13.6. The molecule has 18 heavy (non-hydrogen) atoms. The number of likely N-dealkylation sites (tertiary alicyclic amines) is 1. The van der Waals surface area contributed by atoms with Crippen LogP contribution in [-0.2, 0) is 6.42 Å². The van der Waals surface area contributed by atoms with Gasteiger partial charge in [0.05, 0.1) is 0 Å². The summed E-state index contributed by atoms with van der Waals surface area (Å²) in [6.45, 7) is 4.74. The van der Waals surface area contributed by atoms with Crippen molar-refractivity contribution in [2.24, 2.45) is 0 Å². The van der Waals surface area contributed by atoms with Gasteiger partial charge in [-0.05, 0) is 44.8 Å². The molecule has 2 heteroatoms. The molecule has 0 saturated carbocycles. The molecule has 1 fully saturated rings. The van der Waals surface area contributed by atoms with E-state index in [-0.39, 0.29) is 0 Å². The quantitative estimate of drug-likeness (QED) is 0.859. The van der Waals surface area contributed by atoms with Gasteiger partial charge in [0.2, 0.25) is 0 Å². The lowest BCUT2D eigenvalue weighted by Crippen LogP contribution is -2.48. The van der Waals surface area contributed by atoms with E-state index in [1.165, 1.54) is 37.9 Å². The number of likely N-dealkylation sites (N-methyl/N-ethyl adjacent to an activating group) is 1. The third kappa shape index (κ3) is 4.11. The van der Waals surface area contributed by atoms with Crippen LogP contribution in [0.1, 0.15) is 31.7 Å². The smallest absolute Gasteiger partial charge is 0.0198 e. The van der Waals surface area contributed by atoms with Gasteiger partial charge in [-0.3, -0.25) is 0 Å². The summed E-state index contributed by atoms with van der Waals surface area (Å²) in [6.07, 6.45) is 5.01. The maximum atomic E-state index is 3.84. The van der Waals surface area contributed by atoms with Crippen LogP contribution in [0.4, 0.5) is 0 Å². The summed E-state index contributed by atoms with van der Waals surface area (Å²) in [4.78, 5) is 2.44. The van der Waals surface area contributed by atoms with E-state index in [4.69, 9.17) is 0 Å². The second kappa shape index (κ2) is 6.91. The highest BCUT2D eigenvalue weighted by Gasteiger charge is 2.19. The Kier molecular flexibility index (Phi) is 5.21. The number of nitrogens with zero attached hydrogens (tertiary/aromatic N) is 1. The van der Waals surface area contributed by atoms with Crippen molar-refractivity contribution in [3.63, 3.8) is 0 Å². The predicted octanol–water partition coefficient (Wildman–Crippen LogP) is 2.69. The van der Waals surface area contributed by atoms with Crippen molar-refractivity contribution in [2.75, 3.05) is 20.1 Å². The van der Waals surface area contributed by atoms with Gasteiger partial charge in [0, 0.05) is 18.6 Å². The van der Waals surface area contributed by atoms with E-state index >= 15 is 0 Å². The second-order valence-electron chi connectivity index (χ2n) is 5.56. The molecule has 1 aliphatic heterocycles. The van der Waals surface area contributed by atoms with Crippen LogP contribution in [0.5, 0.6) is 0 Å². The van der Waals surface area contributed by atoms with Crippen LogP contribution in [0, 0.1) is 0 Å². The van der Waals surface area contributed by atoms with Crippen LogP contribution in [0.3, 0.4) is 0 Å². The Bertz CT molecular complexity index is 336. The molecule has 0 aromatic heterocycles. The summed E-state index contributed by atoms with van der Waals surface area (Å²) >= 11 is 0. The number of nitrogens with one attached hydrogen (secondary N) is 1. The van der Waals surface area contributed by atoms with Gasteiger partial charge in [-0.25, -0.2) is 0 Å². The Morgan fingerprint density at radius 2 is 2.11 bits per heavy atom. The number of hydrogen-bond donors (Lipinski definition) is 1. The minimum absolute atomic E-state index is 0.615. The number of piperidine rings is 1. The predicted molar refractivity (Wildman–Crippen MR) is 77.9 cm³/mol. The highest BCUT2D eigenvalue weighted by Crippen LogP contribution is 2.12. The molecule has 1 aromatic rings. The van der Waals surface area contributed by atoms with Crippen LogP contribution in [0.15, 0.2) is 30.3 Å². The zero-order valence-electron chi connectivity index (χ0n) is 11.7. The van der Waals surface area contributed by atoms with E-state index in [9.17, 15) is 0 Å². The molecule has 0 aliphatic carbocycles. The number of benzene rings is 1. The van der Waals surface area contributed by atoms with Crippen LogP contribution < -0.4 is 5.32 Å². The molecule has 2 unspecified atom stereocenters. The van der Waals surface area contributed by atoms with Gasteiger partial charge in [-0.1, -0.05) is 37.3 Å². The SMILES string of the molecule is CCC(Cc1ccccc1)NC1CCCN(C)C1. The van der Waals surface area contributed by atoms with E-state index < -0.39 is 0 Å². The van der Waals surface area contributed by atoms with E-state index in [1.54, 1.807) is 0 Å². The lowest BCUT2D eigenvalue weighted by Gasteiger charge is -2.33. The topological polar surface area (TPSA) is 15.3 Å². The van der Waals surface area contributed by atoms with Crippen LogP contribution in [0.2, 0.25) is 0 Å². The standard InChI is InChI=1S/C16H26N2/c1-3-15(12-14-8-5-4-6-9-14)17-16-10-7-11-18(2)13-16/h4-6,8-9,15-17H,3,7,10-13H2,1-2H3. The van der Waals surface area contributed by atoms with Crippen molar-refractivity contribution < 1.29 is 0 Å². The van der Waals surface area contributed by atoms with Crippen molar-refractivity contribution in [1.29, 1.82) is 0 Å². The normalized spacial score (nSPS) is 22.9. The Morgan fingerprint density at radius 1 is 1.33 bits per heavy atom. The molecule has 2 atom stereocenters. The summed E-state index contributed by atoms with van der Waals surface area (Å²) in [5.74, 6) is 0. The molecule has 0 radical (unpaired) electrons. The summed E-state index contributed by atoms with van der Waals surface area (Å²) in [6, 6.07) is 12.1. The van der Waals surface area contributed by atoms with Crippen LogP contribution >= 0.6 is 0 Å². The molecule has 0 spiro atoms. The van der Waals surface area contributed by atoms with E-state index in [0.717, 1.165) is 6.42 Å². The molecule has 2 nitrogen and oxygen atoms in total. The zero-order chi connectivity index (χ0) is 12.8. The average molecular weight is 246 g/mol. The van der Waals surface area contributed by atoms with Crippen molar-refractivity contribution in [2.45, 2.75) is 44.7 Å². The lowest BCUT2D eigenvalue weighted by molar-refractivity contribution is 0.214. The van der Waals surface area contributed by atoms with Gasteiger partial charge in [-0.2, -0.15) is 0 Å². The van der Waals surface area contributed by atoms with E-state index in [0.29, 0.717) is 12.1 Å². The fourth-order valence-electron chi connectivity index (χ4n) is 2.86. The molecule has 100 valence electrons. The zero-order valence-corrected chi connectivity index (χ0v) is 11.7. The molecule has 2 rings (SSSR count). The molecule has 0 amide bonds. The van der Waals surface area contributed by atoms with Crippen molar-refractivity contribution >= 4 is 0 Å². The molecule has 1 aliphatic rings. The largest absolute Gasteiger partial charge is 0.310 e. The van der Waals surface area contributed by atoms with Gasteiger partial charge in [0.1, 0.15) is 0 Å². The van der Waals surface area contributed by atoms with Crippen molar-refractivity contribution in [3.05, 3.63) is 35.9 Å². The maximum absolute atomic E-state index is 3.84. The van der Waals surface area contributed by atoms with Gasteiger partial charge in [0.15, 0.2) is 0 Å². The molecular weight excluding hydrogens is 220 g/mol. The molecular formula is C16H26N2. The summed E-state index contributed by atoms with van der Waals surface area (Å²) in [7, 11) is 2.23. The molecule has 1 heterocycles.